The lowest BCUT2D eigenvalue weighted by molar-refractivity contribution is 0.200. The smallest absolute Gasteiger partial charge is 0.410 e. The molecule has 6 nitrogen and oxygen atoms in total. The summed E-state index contributed by atoms with van der Waals surface area (Å²) in [6.45, 7) is 0. The predicted octanol–water partition coefficient (Wildman–Crippen LogP) is 0.441. The summed E-state index contributed by atoms with van der Waals surface area (Å²) in [5.41, 5.74) is 0. The Hall–Kier alpha value is -1.76. The van der Waals surface area contributed by atoms with E-state index in [4.69, 9.17) is 5.11 Å². The molecule has 1 aromatic heterocycles. The number of anilines is 1. The molecule has 7 heteroatoms. The predicted molar refractivity (Wildman–Crippen MR) is 49.4 cm³/mol. The van der Waals surface area contributed by atoms with E-state index in [1.54, 1.807) is 0 Å². The highest BCUT2D eigenvalue weighted by Crippen LogP contribution is 1.95. The second-order valence-electron chi connectivity index (χ2n) is 1.97. The molecule has 13 heavy (non-hydrogen) atoms. The first kappa shape index (κ1) is 9.33. The van der Waals surface area contributed by atoms with E-state index in [2.05, 4.69) is 27.5 Å². The Morgan fingerprint density at radius 1 is 1.54 bits per heavy atom. The highest BCUT2D eigenvalue weighted by molar-refractivity contribution is 7.80. The third kappa shape index (κ3) is 3.43. The van der Waals surface area contributed by atoms with Gasteiger partial charge in [0.2, 0.25) is 0 Å². The SMILES string of the molecule is O=C(O)NC(=S)Nc1cnccn1. The highest BCUT2D eigenvalue weighted by Gasteiger charge is 2.01. The van der Waals surface area contributed by atoms with Crippen molar-refractivity contribution in [3.8, 4) is 0 Å². The van der Waals surface area contributed by atoms with Crippen LogP contribution in [0.25, 0.3) is 0 Å². The summed E-state index contributed by atoms with van der Waals surface area (Å²) >= 11 is 4.64. The molecular formula is C6H6N4O2S. The minimum atomic E-state index is -1.22. The molecule has 1 rings (SSSR count). The van der Waals surface area contributed by atoms with Crippen LogP contribution < -0.4 is 10.6 Å². The van der Waals surface area contributed by atoms with Crippen LogP contribution in [0, 0.1) is 0 Å². The van der Waals surface area contributed by atoms with Gasteiger partial charge in [-0.2, -0.15) is 0 Å². The van der Waals surface area contributed by atoms with Crippen molar-refractivity contribution in [1.82, 2.24) is 15.3 Å². The van der Waals surface area contributed by atoms with Gasteiger partial charge in [0.15, 0.2) is 10.9 Å². The number of carboxylic acid groups (broad SMARTS) is 1. The molecular weight excluding hydrogens is 192 g/mol. The molecule has 0 saturated heterocycles. The summed E-state index contributed by atoms with van der Waals surface area (Å²) in [6.07, 6.45) is 3.17. The van der Waals surface area contributed by atoms with Gasteiger partial charge < -0.3 is 10.4 Å². The van der Waals surface area contributed by atoms with Crippen molar-refractivity contribution in [3.63, 3.8) is 0 Å². The fraction of sp³-hybridized carbons (Fsp3) is 0. The molecule has 0 spiro atoms. The Morgan fingerprint density at radius 3 is 2.85 bits per heavy atom. The highest BCUT2D eigenvalue weighted by atomic mass is 32.1. The van der Waals surface area contributed by atoms with E-state index in [1.165, 1.54) is 18.6 Å². The van der Waals surface area contributed by atoms with Crippen molar-refractivity contribution < 1.29 is 9.90 Å². The van der Waals surface area contributed by atoms with E-state index in [0.29, 0.717) is 5.82 Å². The molecule has 68 valence electrons. The first-order valence-electron chi connectivity index (χ1n) is 3.25. The standard InChI is InChI=1S/C6H6N4O2S/c11-6(12)10-5(13)9-4-3-7-1-2-8-4/h1-3H,(H,11,12)(H2,8,9,10,13). The number of hydrogen-bond donors (Lipinski definition) is 3. The molecule has 1 heterocycles. The molecule has 0 aliphatic carbocycles. The zero-order valence-electron chi connectivity index (χ0n) is 6.39. The summed E-state index contributed by atoms with van der Waals surface area (Å²) < 4.78 is 0. The molecule has 0 fully saturated rings. The zero-order valence-corrected chi connectivity index (χ0v) is 7.21. The van der Waals surface area contributed by atoms with Crippen LogP contribution in [-0.2, 0) is 0 Å². The van der Waals surface area contributed by atoms with E-state index in [-0.39, 0.29) is 5.11 Å². The molecule has 3 N–H and O–H groups in total. The minimum absolute atomic E-state index is 0.0343. The van der Waals surface area contributed by atoms with Crippen LogP contribution in [0.15, 0.2) is 18.6 Å². The van der Waals surface area contributed by atoms with Crippen LogP contribution in [0.3, 0.4) is 0 Å². The first-order valence-corrected chi connectivity index (χ1v) is 3.66. The van der Waals surface area contributed by atoms with Gasteiger partial charge in [0.25, 0.3) is 0 Å². The quantitative estimate of drug-likeness (QED) is 0.567. The number of amides is 1. The minimum Gasteiger partial charge on any atom is -0.465 e. The van der Waals surface area contributed by atoms with Gasteiger partial charge in [-0.05, 0) is 12.2 Å². The molecule has 0 atom stereocenters. The molecule has 0 unspecified atom stereocenters. The first-order chi connectivity index (χ1) is 6.18. The molecule has 0 radical (unpaired) electrons. The summed E-state index contributed by atoms with van der Waals surface area (Å²) in [5.74, 6) is 0.390. The lowest BCUT2D eigenvalue weighted by atomic mass is 10.6. The lowest BCUT2D eigenvalue weighted by Crippen LogP contribution is -2.32. The van der Waals surface area contributed by atoms with Gasteiger partial charge in [-0.1, -0.05) is 0 Å². The lowest BCUT2D eigenvalue weighted by Gasteiger charge is -2.04. The van der Waals surface area contributed by atoms with Crippen molar-refractivity contribution in [2.75, 3.05) is 5.32 Å². The van der Waals surface area contributed by atoms with E-state index < -0.39 is 6.09 Å². The molecule has 0 saturated carbocycles. The summed E-state index contributed by atoms with van der Waals surface area (Å²) in [7, 11) is 0. The van der Waals surface area contributed by atoms with Crippen molar-refractivity contribution in [2.24, 2.45) is 0 Å². The van der Waals surface area contributed by atoms with Gasteiger partial charge in [0.1, 0.15) is 0 Å². The van der Waals surface area contributed by atoms with E-state index in [9.17, 15) is 4.79 Å². The van der Waals surface area contributed by atoms with Crippen molar-refractivity contribution in [3.05, 3.63) is 18.6 Å². The number of hydrogen-bond acceptors (Lipinski definition) is 4. The second-order valence-corrected chi connectivity index (χ2v) is 2.38. The Balaban J connectivity index is 2.50. The number of aromatic nitrogens is 2. The average Bonchev–Trinajstić information content (AvgIpc) is 2.04. The van der Waals surface area contributed by atoms with Gasteiger partial charge in [0, 0.05) is 12.4 Å². The maximum Gasteiger partial charge on any atom is 0.410 e. The van der Waals surface area contributed by atoms with Crippen molar-refractivity contribution in [2.45, 2.75) is 0 Å². The van der Waals surface area contributed by atoms with Crippen LogP contribution >= 0.6 is 12.2 Å². The number of thiocarbonyl (C=S) groups is 1. The molecule has 0 aliphatic heterocycles. The summed E-state index contributed by atoms with van der Waals surface area (Å²) in [4.78, 5) is 17.7. The maximum absolute atomic E-state index is 10.1. The Kier molecular flexibility index (Phi) is 3.09. The Morgan fingerprint density at radius 2 is 2.31 bits per heavy atom. The van der Waals surface area contributed by atoms with Crippen LogP contribution in [0.2, 0.25) is 0 Å². The van der Waals surface area contributed by atoms with Gasteiger partial charge in [-0.15, -0.1) is 0 Å². The fourth-order valence-electron chi connectivity index (χ4n) is 0.608. The summed E-state index contributed by atoms with van der Waals surface area (Å²) in [6, 6.07) is 0. The monoisotopic (exact) mass is 198 g/mol. The second kappa shape index (κ2) is 4.31. The van der Waals surface area contributed by atoms with E-state index in [1.807, 2.05) is 5.32 Å². The normalized spacial score (nSPS) is 8.92. The third-order valence-electron chi connectivity index (χ3n) is 1.03. The molecule has 0 bridgehead atoms. The average molecular weight is 198 g/mol. The number of rotatable bonds is 1. The van der Waals surface area contributed by atoms with Crippen LogP contribution in [-0.4, -0.2) is 26.3 Å². The van der Waals surface area contributed by atoms with Gasteiger partial charge >= 0.3 is 6.09 Å². The largest absolute Gasteiger partial charge is 0.465 e. The van der Waals surface area contributed by atoms with E-state index in [0.717, 1.165) is 0 Å². The van der Waals surface area contributed by atoms with E-state index >= 15 is 0 Å². The molecule has 1 amide bonds. The maximum atomic E-state index is 10.1. The van der Waals surface area contributed by atoms with Gasteiger partial charge in [-0.3, -0.25) is 10.3 Å². The van der Waals surface area contributed by atoms with Crippen molar-refractivity contribution >= 4 is 29.2 Å². The molecule has 0 aromatic carbocycles. The number of carbonyl (C=O) groups is 1. The topological polar surface area (TPSA) is 87.1 Å². The molecule has 1 aromatic rings. The number of nitrogens with zero attached hydrogens (tertiary/aromatic N) is 2. The van der Waals surface area contributed by atoms with Gasteiger partial charge in [-0.25, -0.2) is 9.78 Å². The Bertz CT molecular complexity index is 316. The zero-order chi connectivity index (χ0) is 9.68. The molecule has 0 aliphatic rings. The van der Waals surface area contributed by atoms with Crippen LogP contribution in [0.4, 0.5) is 10.6 Å². The fourth-order valence-corrected chi connectivity index (χ4v) is 0.800. The number of nitrogens with one attached hydrogen (secondary N) is 2. The van der Waals surface area contributed by atoms with Gasteiger partial charge in [0.05, 0.1) is 6.20 Å². The van der Waals surface area contributed by atoms with Crippen LogP contribution in [0.5, 0.6) is 0 Å². The van der Waals surface area contributed by atoms with Crippen molar-refractivity contribution in [1.29, 1.82) is 0 Å². The van der Waals surface area contributed by atoms with Crippen LogP contribution in [0.1, 0.15) is 0 Å². The Labute approximate surface area is 79.0 Å². The third-order valence-corrected chi connectivity index (χ3v) is 1.23. The summed E-state index contributed by atoms with van der Waals surface area (Å²) in [5, 5.41) is 12.8.